The molecule has 2 rings (SSSR count). The van der Waals surface area contributed by atoms with Crippen molar-refractivity contribution < 1.29 is 9.53 Å². The fourth-order valence-electron chi connectivity index (χ4n) is 1.78. The number of aryl methyl sites for hydroxylation is 1. The second-order valence-electron chi connectivity index (χ2n) is 4.31. The van der Waals surface area contributed by atoms with Gasteiger partial charge in [0.15, 0.2) is 5.78 Å². The molecule has 2 aromatic carbocycles. The first-order valence-electron chi connectivity index (χ1n) is 6.18. The van der Waals surface area contributed by atoms with Crippen LogP contribution in [0.2, 0.25) is 0 Å². The van der Waals surface area contributed by atoms with Gasteiger partial charge < -0.3 is 4.74 Å². The van der Waals surface area contributed by atoms with Crippen LogP contribution in [0, 0.1) is 6.92 Å². The highest BCUT2D eigenvalue weighted by atomic mass is 79.9. The third-order valence-corrected chi connectivity index (χ3v) is 3.44. The van der Waals surface area contributed by atoms with E-state index in [1.54, 1.807) is 6.07 Å². The Hall–Kier alpha value is -1.61. The van der Waals surface area contributed by atoms with Crippen molar-refractivity contribution in [2.24, 2.45) is 0 Å². The van der Waals surface area contributed by atoms with Crippen LogP contribution in [0.4, 0.5) is 0 Å². The van der Waals surface area contributed by atoms with Gasteiger partial charge >= 0.3 is 0 Å². The van der Waals surface area contributed by atoms with E-state index in [-0.39, 0.29) is 5.78 Å². The van der Waals surface area contributed by atoms with E-state index in [0.717, 1.165) is 10.0 Å². The van der Waals surface area contributed by atoms with Crippen molar-refractivity contribution in [2.75, 3.05) is 0 Å². The molecule has 0 amide bonds. The first-order valence-corrected chi connectivity index (χ1v) is 6.97. The number of Topliss-reactive ketones (excluding diaryl/α,β-unsaturated/α-hetero) is 1. The minimum atomic E-state index is 0.0823. The standard InChI is InChI=1S/C16H15BrO2/c1-3-14(18)12-6-4-5-7-15(12)19-16-9-8-11(2)10-13(16)17/h4-10H,3H2,1-2H3. The number of benzene rings is 2. The highest BCUT2D eigenvalue weighted by Crippen LogP contribution is 2.32. The van der Waals surface area contributed by atoms with E-state index in [1.165, 1.54) is 0 Å². The zero-order chi connectivity index (χ0) is 13.8. The van der Waals surface area contributed by atoms with Gasteiger partial charge in [-0.1, -0.05) is 25.1 Å². The summed E-state index contributed by atoms with van der Waals surface area (Å²) in [6.07, 6.45) is 0.468. The van der Waals surface area contributed by atoms with Crippen LogP contribution in [-0.4, -0.2) is 5.78 Å². The van der Waals surface area contributed by atoms with E-state index in [1.807, 2.05) is 50.2 Å². The van der Waals surface area contributed by atoms with E-state index in [2.05, 4.69) is 15.9 Å². The van der Waals surface area contributed by atoms with Gasteiger partial charge in [-0.05, 0) is 52.7 Å². The number of hydrogen-bond acceptors (Lipinski definition) is 2. The van der Waals surface area contributed by atoms with Gasteiger partial charge in [0.05, 0.1) is 10.0 Å². The number of carbonyl (C=O) groups excluding carboxylic acids is 1. The Morgan fingerprint density at radius 3 is 2.58 bits per heavy atom. The van der Waals surface area contributed by atoms with E-state index < -0.39 is 0 Å². The van der Waals surface area contributed by atoms with Crippen LogP contribution in [0.1, 0.15) is 29.3 Å². The van der Waals surface area contributed by atoms with Crippen molar-refractivity contribution in [2.45, 2.75) is 20.3 Å². The van der Waals surface area contributed by atoms with Crippen LogP contribution >= 0.6 is 15.9 Å². The first-order chi connectivity index (χ1) is 9.11. The monoisotopic (exact) mass is 318 g/mol. The molecule has 0 bridgehead atoms. The molecule has 0 fully saturated rings. The van der Waals surface area contributed by atoms with Crippen LogP contribution < -0.4 is 4.74 Å². The lowest BCUT2D eigenvalue weighted by molar-refractivity contribution is 0.0986. The molecule has 0 aliphatic heterocycles. The molecule has 0 aromatic heterocycles. The zero-order valence-corrected chi connectivity index (χ0v) is 12.5. The fourth-order valence-corrected chi connectivity index (χ4v) is 2.36. The summed E-state index contributed by atoms with van der Waals surface area (Å²) >= 11 is 3.47. The number of carbonyl (C=O) groups is 1. The van der Waals surface area contributed by atoms with Gasteiger partial charge in [0.2, 0.25) is 0 Å². The number of para-hydroxylation sites is 1. The summed E-state index contributed by atoms with van der Waals surface area (Å²) in [5, 5.41) is 0. The summed E-state index contributed by atoms with van der Waals surface area (Å²) in [4.78, 5) is 11.9. The Morgan fingerprint density at radius 2 is 1.89 bits per heavy atom. The van der Waals surface area contributed by atoms with E-state index in [9.17, 15) is 4.79 Å². The summed E-state index contributed by atoms with van der Waals surface area (Å²) in [7, 11) is 0. The lowest BCUT2D eigenvalue weighted by Gasteiger charge is -2.11. The number of ether oxygens (including phenoxy) is 1. The minimum Gasteiger partial charge on any atom is -0.455 e. The molecule has 0 aliphatic rings. The van der Waals surface area contributed by atoms with E-state index in [4.69, 9.17) is 4.74 Å². The van der Waals surface area contributed by atoms with Crippen LogP contribution in [-0.2, 0) is 0 Å². The predicted octanol–water partition coefficient (Wildman–Crippen LogP) is 5.14. The third-order valence-electron chi connectivity index (χ3n) is 2.82. The minimum absolute atomic E-state index is 0.0823. The lowest BCUT2D eigenvalue weighted by atomic mass is 10.1. The molecule has 0 radical (unpaired) electrons. The van der Waals surface area contributed by atoms with Crippen molar-refractivity contribution in [1.82, 2.24) is 0 Å². The van der Waals surface area contributed by atoms with Gasteiger partial charge in [-0.25, -0.2) is 0 Å². The van der Waals surface area contributed by atoms with Crippen molar-refractivity contribution in [3.63, 3.8) is 0 Å². The maximum atomic E-state index is 11.9. The second-order valence-corrected chi connectivity index (χ2v) is 5.16. The second kappa shape index (κ2) is 6.02. The maximum Gasteiger partial charge on any atom is 0.166 e. The van der Waals surface area contributed by atoms with Gasteiger partial charge in [-0.3, -0.25) is 4.79 Å². The average molecular weight is 319 g/mol. The highest BCUT2D eigenvalue weighted by Gasteiger charge is 2.12. The van der Waals surface area contributed by atoms with Crippen LogP contribution in [0.25, 0.3) is 0 Å². The van der Waals surface area contributed by atoms with Crippen molar-refractivity contribution in [1.29, 1.82) is 0 Å². The number of hydrogen-bond donors (Lipinski definition) is 0. The van der Waals surface area contributed by atoms with Crippen LogP contribution in [0.3, 0.4) is 0 Å². The molecule has 0 N–H and O–H groups in total. The normalized spacial score (nSPS) is 10.3. The molecule has 0 unspecified atom stereocenters. The third kappa shape index (κ3) is 3.24. The molecule has 0 aliphatic carbocycles. The Morgan fingerprint density at radius 1 is 1.16 bits per heavy atom. The number of ketones is 1. The van der Waals surface area contributed by atoms with Gasteiger partial charge in [0.1, 0.15) is 11.5 Å². The topological polar surface area (TPSA) is 26.3 Å². The molecule has 2 nitrogen and oxygen atoms in total. The summed E-state index contributed by atoms with van der Waals surface area (Å²) in [6.45, 7) is 3.87. The Bertz CT molecular complexity index is 605. The number of halogens is 1. The average Bonchev–Trinajstić information content (AvgIpc) is 2.41. The highest BCUT2D eigenvalue weighted by molar-refractivity contribution is 9.10. The Balaban J connectivity index is 2.35. The van der Waals surface area contributed by atoms with Crippen molar-refractivity contribution in [3.8, 4) is 11.5 Å². The smallest absolute Gasteiger partial charge is 0.166 e. The van der Waals surface area contributed by atoms with Gasteiger partial charge in [0, 0.05) is 6.42 Å². The first kappa shape index (κ1) is 13.8. The summed E-state index contributed by atoms with van der Waals surface area (Å²) in [5.74, 6) is 1.39. The molecule has 0 spiro atoms. The molecule has 2 aromatic rings. The largest absolute Gasteiger partial charge is 0.455 e. The molecule has 0 saturated heterocycles. The Labute approximate surface area is 121 Å². The molecule has 3 heteroatoms. The lowest BCUT2D eigenvalue weighted by Crippen LogP contribution is -2.00. The van der Waals surface area contributed by atoms with Gasteiger partial charge in [-0.2, -0.15) is 0 Å². The summed E-state index contributed by atoms with van der Waals surface area (Å²) in [5.41, 5.74) is 1.77. The molecule has 98 valence electrons. The molecular formula is C16H15BrO2. The van der Waals surface area contributed by atoms with Crippen LogP contribution in [0.15, 0.2) is 46.9 Å². The summed E-state index contributed by atoms with van der Waals surface area (Å²) < 4.78 is 6.73. The zero-order valence-electron chi connectivity index (χ0n) is 10.9. The summed E-state index contributed by atoms with van der Waals surface area (Å²) in [6, 6.07) is 13.2. The van der Waals surface area contributed by atoms with E-state index in [0.29, 0.717) is 23.5 Å². The molecule has 19 heavy (non-hydrogen) atoms. The van der Waals surface area contributed by atoms with Crippen molar-refractivity contribution >= 4 is 21.7 Å². The van der Waals surface area contributed by atoms with Crippen LogP contribution in [0.5, 0.6) is 11.5 Å². The van der Waals surface area contributed by atoms with Gasteiger partial charge in [-0.15, -0.1) is 0 Å². The maximum absolute atomic E-state index is 11.9. The van der Waals surface area contributed by atoms with Gasteiger partial charge in [0.25, 0.3) is 0 Å². The predicted molar refractivity (Wildman–Crippen MR) is 80.0 cm³/mol. The molecule has 0 saturated carbocycles. The SMILES string of the molecule is CCC(=O)c1ccccc1Oc1ccc(C)cc1Br. The molecular weight excluding hydrogens is 304 g/mol. The molecule has 0 atom stereocenters. The quantitative estimate of drug-likeness (QED) is 0.729. The molecule has 0 heterocycles. The Kier molecular flexibility index (Phi) is 4.38. The number of rotatable bonds is 4. The van der Waals surface area contributed by atoms with Crippen molar-refractivity contribution in [3.05, 3.63) is 58.1 Å². The fraction of sp³-hybridized carbons (Fsp3) is 0.188. The van der Waals surface area contributed by atoms with E-state index >= 15 is 0 Å².